The molecule has 0 bridgehead atoms. The lowest BCUT2D eigenvalue weighted by Gasteiger charge is -2.32. The van der Waals surface area contributed by atoms with Crippen LogP contribution in [-0.2, 0) is 35.3 Å². The number of carbonyl (C=O) groups excluding carboxylic acids is 1. The van der Waals surface area contributed by atoms with Gasteiger partial charge in [0.1, 0.15) is 0 Å². The second kappa shape index (κ2) is 8.11. The fourth-order valence-corrected chi connectivity index (χ4v) is 4.51. The Morgan fingerprint density at radius 2 is 1.90 bits per heavy atom. The fraction of sp³-hybridized carbons (Fsp3) is 0.333. The Morgan fingerprint density at radius 1 is 1.14 bits per heavy atom. The number of aromatic nitrogens is 1. The molecule has 0 spiro atoms. The highest BCUT2D eigenvalue weighted by Gasteiger charge is 2.30. The average Bonchev–Trinajstić information content (AvgIpc) is 3.05. The van der Waals surface area contributed by atoms with Gasteiger partial charge in [-0.3, -0.25) is 9.59 Å². The summed E-state index contributed by atoms with van der Waals surface area (Å²) in [5.74, 6) is -0.645. The predicted octanol–water partition coefficient (Wildman–Crippen LogP) is 3.51. The molecule has 150 valence electrons. The van der Waals surface area contributed by atoms with Crippen molar-refractivity contribution in [1.29, 1.82) is 0 Å². The number of aryl methyl sites for hydroxylation is 1. The van der Waals surface area contributed by atoms with Gasteiger partial charge in [-0.1, -0.05) is 36.4 Å². The van der Waals surface area contributed by atoms with Crippen LogP contribution in [0.15, 0.2) is 54.7 Å². The molecule has 1 aliphatic rings. The van der Waals surface area contributed by atoms with E-state index in [4.69, 9.17) is 0 Å². The van der Waals surface area contributed by atoms with Crippen LogP contribution in [-0.4, -0.2) is 39.4 Å². The van der Waals surface area contributed by atoms with Crippen LogP contribution in [0.3, 0.4) is 0 Å². The van der Waals surface area contributed by atoms with Gasteiger partial charge in [0.2, 0.25) is 5.91 Å². The predicted molar refractivity (Wildman–Crippen MR) is 112 cm³/mol. The summed E-state index contributed by atoms with van der Waals surface area (Å²) in [7, 11) is 1.90. The Hall–Kier alpha value is -3.08. The normalized spacial score (nSPS) is 15.8. The largest absolute Gasteiger partial charge is 0.481 e. The molecule has 0 fully saturated rings. The number of fused-ring (bicyclic) bond motifs is 3. The van der Waals surface area contributed by atoms with Crippen molar-refractivity contribution in [3.63, 3.8) is 0 Å². The van der Waals surface area contributed by atoms with E-state index < -0.39 is 5.97 Å². The maximum Gasteiger partial charge on any atom is 0.307 e. The molecule has 1 N–H and O–H groups in total. The third-order valence-electron chi connectivity index (χ3n) is 6.07. The first-order valence-electron chi connectivity index (χ1n) is 10.2. The number of carboxylic acids is 1. The molecule has 1 amide bonds. The van der Waals surface area contributed by atoms with Gasteiger partial charge in [-0.25, -0.2) is 0 Å². The van der Waals surface area contributed by atoms with Crippen LogP contribution in [0, 0.1) is 0 Å². The van der Waals surface area contributed by atoms with Gasteiger partial charge in [0.25, 0.3) is 0 Å². The van der Waals surface area contributed by atoms with E-state index in [0.29, 0.717) is 6.42 Å². The van der Waals surface area contributed by atoms with Gasteiger partial charge in [0.05, 0.1) is 6.42 Å². The Bertz CT molecular complexity index is 1040. The van der Waals surface area contributed by atoms with E-state index in [0.717, 1.165) is 48.0 Å². The molecule has 0 aliphatic heterocycles. The van der Waals surface area contributed by atoms with Crippen molar-refractivity contribution in [2.45, 2.75) is 44.6 Å². The number of hydrogen-bond acceptors (Lipinski definition) is 2. The van der Waals surface area contributed by atoms with Crippen molar-refractivity contribution in [3.05, 3.63) is 77.1 Å². The minimum Gasteiger partial charge on any atom is -0.481 e. The third-order valence-corrected chi connectivity index (χ3v) is 6.07. The molecule has 5 nitrogen and oxygen atoms in total. The highest BCUT2D eigenvalue weighted by molar-refractivity contribution is 5.78. The van der Waals surface area contributed by atoms with Crippen molar-refractivity contribution >= 4 is 17.4 Å². The lowest BCUT2D eigenvalue weighted by atomic mass is 9.89. The first-order chi connectivity index (χ1) is 14.0. The summed E-state index contributed by atoms with van der Waals surface area (Å²) in [5, 5.41) is 9.35. The summed E-state index contributed by atoms with van der Waals surface area (Å²) >= 11 is 0. The number of amides is 1. The molecular weight excluding hydrogens is 364 g/mol. The standard InChI is InChI=1S/C24H26N2O3/c1-25(23(27)13-10-17-7-3-2-4-8-17)18-11-12-19-20(16-24(28)29)21-9-5-6-14-26(21)22(19)15-18/h2-9,14,18H,10-13,15-16H2,1H3,(H,28,29)/t18-/m1/s1. The van der Waals surface area contributed by atoms with Gasteiger partial charge in [0.15, 0.2) is 0 Å². The van der Waals surface area contributed by atoms with E-state index in [1.54, 1.807) is 0 Å². The second-order valence-electron chi connectivity index (χ2n) is 7.82. The van der Waals surface area contributed by atoms with Crippen LogP contribution in [0.2, 0.25) is 0 Å². The van der Waals surface area contributed by atoms with Crippen molar-refractivity contribution in [2.75, 3.05) is 7.05 Å². The lowest BCUT2D eigenvalue weighted by Crippen LogP contribution is -2.41. The monoisotopic (exact) mass is 390 g/mol. The Morgan fingerprint density at radius 3 is 2.66 bits per heavy atom. The van der Waals surface area contributed by atoms with E-state index in [-0.39, 0.29) is 18.4 Å². The van der Waals surface area contributed by atoms with Crippen LogP contribution >= 0.6 is 0 Å². The summed E-state index contributed by atoms with van der Waals surface area (Å²) in [5.41, 5.74) is 5.37. The van der Waals surface area contributed by atoms with E-state index in [1.165, 1.54) is 5.56 Å². The maximum absolute atomic E-state index is 12.8. The molecule has 1 aliphatic carbocycles. The number of aliphatic carboxylic acids is 1. The number of pyridine rings is 1. The van der Waals surface area contributed by atoms with Crippen molar-refractivity contribution in [1.82, 2.24) is 9.30 Å². The maximum atomic E-state index is 12.8. The minimum atomic E-state index is -0.806. The van der Waals surface area contributed by atoms with Gasteiger partial charge < -0.3 is 14.4 Å². The second-order valence-corrected chi connectivity index (χ2v) is 7.82. The first kappa shape index (κ1) is 19.2. The Labute approximate surface area is 170 Å². The number of carbonyl (C=O) groups is 2. The zero-order valence-electron chi connectivity index (χ0n) is 16.7. The topological polar surface area (TPSA) is 62.0 Å². The third kappa shape index (κ3) is 3.90. The summed E-state index contributed by atoms with van der Waals surface area (Å²) < 4.78 is 2.11. The number of carboxylic acid groups (broad SMARTS) is 1. The van der Waals surface area contributed by atoms with Crippen molar-refractivity contribution < 1.29 is 14.7 Å². The Balaban J connectivity index is 1.52. The molecule has 4 rings (SSSR count). The minimum absolute atomic E-state index is 0.0410. The number of likely N-dealkylation sites (N-methyl/N-ethyl adjacent to an activating group) is 1. The smallest absolute Gasteiger partial charge is 0.307 e. The van der Waals surface area contributed by atoms with Crippen molar-refractivity contribution in [2.24, 2.45) is 0 Å². The molecule has 2 aromatic heterocycles. The number of rotatable bonds is 6. The van der Waals surface area contributed by atoms with Gasteiger partial charge >= 0.3 is 5.97 Å². The molecular formula is C24H26N2O3. The van der Waals surface area contributed by atoms with E-state index in [2.05, 4.69) is 16.5 Å². The molecule has 0 saturated carbocycles. The van der Waals surface area contributed by atoms with Crippen LogP contribution in [0.5, 0.6) is 0 Å². The molecule has 1 atom stereocenters. The zero-order valence-corrected chi connectivity index (χ0v) is 16.7. The van der Waals surface area contributed by atoms with Gasteiger partial charge in [-0.2, -0.15) is 0 Å². The highest BCUT2D eigenvalue weighted by Crippen LogP contribution is 2.32. The lowest BCUT2D eigenvalue weighted by molar-refractivity contribution is -0.136. The van der Waals surface area contributed by atoms with Crippen LogP contribution in [0.1, 0.15) is 35.2 Å². The quantitative estimate of drug-likeness (QED) is 0.701. The molecule has 0 unspecified atom stereocenters. The van der Waals surface area contributed by atoms with Gasteiger partial charge in [0, 0.05) is 43.3 Å². The zero-order chi connectivity index (χ0) is 20.4. The number of nitrogens with zero attached hydrogens (tertiary/aromatic N) is 2. The van der Waals surface area contributed by atoms with Crippen LogP contribution < -0.4 is 0 Å². The summed E-state index contributed by atoms with van der Waals surface area (Å²) in [6.45, 7) is 0. The van der Waals surface area contributed by atoms with Gasteiger partial charge in [-0.15, -0.1) is 0 Å². The number of hydrogen-bond donors (Lipinski definition) is 1. The van der Waals surface area contributed by atoms with Crippen LogP contribution in [0.4, 0.5) is 0 Å². The molecule has 1 aromatic carbocycles. The molecule has 5 heteroatoms. The summed E-state index contributed by atoms with van der Waals surface area (Å²) in [6, 6.07) is 16.1. The van der Waals surface area contributed by atoms with Crippen LogP contribution in [0.25, 0.3) is 5.52 Å². The molecule has 0 saturated heterocycles. The summed E-state index contributed by atoms with van der Waals surface area (Å²) in [6.07, 6.45) is 5.72. The molecule has 3 aromatic rings. The van der Waals surface area contributed by atoms with E-state index in [1.807, 2.05) is 54.5 Å². The molecule has 0 radical (unpaired) electrons. The average molecular weight is 390 g/mol. The SMILES string of the molecule is CN(C(=O)CCc1ccccc1)[C@@H]1CCc2c(CC(=O)O)c3ccccn3c2C1. The van der Waals surface area contributed by atoms with Crippen molar-refractivity contribution in [3.8, 4) is 0 Å². The molecule has 2 heterocycles. The van der Waals surface area contributed by atoms with Gasteiger partial charge in [-0.05, 0) is 48.1 Å². The fourth-order valence-electron chi connectivity index (χ4n) is 4.51. The highest BCUT2D eigenvalue weighted by atomic mass is 16.4. The number of benzene rings is 1. The Kier molecular flexibility index (Phi) is 5.38. The van der Waals surface area contributed by atoms with E-state index >= 15 is 0 Å². The first-order valence-corrected chi connectivity index (χ1v) is 10.2. The molecule has 29 heavy (non-hydrogen) atoms. The van der Waals surface area contributed by atoms with E-state index in [9.17, 15) is 14.7 Å². The summed E-state index contributed by atoms with van der Waals surface area (Å²) in [4.78, 5) is 26.1.